The van der Waals surface area contributed by atoms with E-state index in [2.05, 4.69) is 0 Å². The summed E-state index contributed by atoms with van der Waals surface area (Å²) in [4.78, 5) is 12.0. The summed E-state index contributed by atoms with van der Waals surface area (Å²) < 4.78 is 5.41. The second-order valence-electron chi connectivity index (χ2n) is 5.17. The number of ether oxygens (including phenoxy) is 1. The molecule has 3 nitrogen and oxygen atoms in total. The van der Waals surface area contributed by atoms with Gasteiger partial charge in [-0.25, -0.2) is 0 Å². The van der Waals surface area contributed by atoms with Crippen LogP contribution in [0.4, 0.5) is 0 Å². The van der Waals surface area contributed by atoms with E-state index in [0.717, 1.165) is 11.1 Å². The number of carbonyl (C=O) groups is 1. The Morgan fingerprint density at radius 3 is 2.11 bits per heavy atom. The minimum Gasteiger partial charge on any atom is -0.426 e. The third-order valence-electron chi connectivity index (χ3n) is 3.18. The number of benzene rings is 1. The summed E-state index contributed by atoms with van der Waals surface area (Å²) in [6.07, 6.45) is -0.679. The van der Waals surface area contributed by atoms with Crippen molar-refractivity contribution >= 4 is 5.97 Å². The lowest BCUT2D eigenvalue weighted by molar-refractivity contribution is -0.143. The Morgan fingerprint density at radius 2 is 1.67 bits per heavy atom. The molecular formula is C15H22O3. The van der Waals surface area contributed by atoms with Crippen LogP contribution in [0.5, 0.6) is 5.75 Å². The Labute approximate surface area is 109 Å². The summed E-state index contributed by atoms with van der Waals surface area (Å²) in [6, 6.07) is 5.73. The van der Waals surface area contributed by atoms with E-state index in [1.165, 1.54) is 0 Å². The van der Waals surface area contributed by atoms with Gasteiger partial charge in [-0.15, -0.1) is 0 Å². The summed E-state index contributed by atoms with van der Waals surface area (Å²) in [5.74, 6) is -0.270. The molecule has 0 radical (unpaired) electrons. The minimum atomic E-state index is -0.679. The van der Waals surface area contributed by atoms with Gasteiger partial charge < -0.3 is 9.84 Å². The number of para-hydroxylation sites is 1. The predicted molar refractivity (Wildman–Crippen MR) is 71.6 cm³/mol. The topological polar surface area (TPSA) is 46.5 Å². The predicted octanol–water partition coefficient (Wildman–Crippen LogP) is 2.86. The average Bonchev–Trinajstić information content (AvgIpc) is 2.31. The Kier molecular flexibility index (Phi) is 4.91. The zero-order valence-electron chi connectivity index (χ0n) is 11.7. The van der Waals surface area contributed by atoms with Crippen LogP contribution in [0.1, 0.15) is 31.9 Å². The summed E-state index contributed by atoms with van der Waals surface area (Å²) in [5, 5.41) is 9.88. The van der Waals surface area contributed by atoms with Crippen molar-refractivity contribution in [3.8, 4) is 5.75 Å². The Hall–Kier alpha value is -1.35. The molecule has 0 heterocycles. The molecular weight excluding hydrogens is 228 g/mol. The highest BCUT2D eigenvalue weighted by Crippen LogP contribution is 2.24. The van der Waals surface area contributed by atoms with Crippen molar-refractivity contribution in [3.05, 3.63) is 29.3 Å². The highest BCUT2D eigenvalue weighted by molar-refractivity contribution is 5.76. The Morgan fingerprint density at radius 1 is 1.17 bits per heavy atom. The largest absolute Gasteiger partial charge is 0.426 e. The molecule has 0 aliphatic carbocycles. The fourth-order valence-corrected chi connectivity index (χ4v) is 1.87. The molecule has 0 bridgehead atoms. The first-order valence-corrected chi connectivity index (χ1v) is 6.30. The number of esters is 1. The molecule has 0 saturated carbocycles. The number of aryl methyl sites for hydroxylation is 2. The van der Waals surface area contributed by atoms with Gasteiger partial charge in [0.25, 0.3) is 0 Å². The zero-order valence-corrected chi connectivity index (χ0v) is 11.7. The maximum absolute atomic E-state index is 12.0. The molecule has 1 aromatic carbocycles. The van der Waals surface area contributed by atoms with Crippen molar-refractivity contribution in [1.29, 1.82) is 0 Å². The van der Waals surface area contributed by atoms with Crippen molar-refractivity contribution in [2.75, 3.05) is 0 Å². The fraction of sp³-hybridized carbons (Fsp3) is 0.533. The molecule has 1 aromatic rings. The van der Waals surface area contributed by atoms with Gasteiger partial charge in [0.15, 0.2) is 0 Å². The van der Waals surface area contributed by atoms with Crippen LogP contribution in [0.3, 0.4) is 0 Å². The molecule has 0 spiro atoms. The normalized spacial score (nSPS) is 14.4. The lowest BCUT2D eigenvalue weighted by Gasteiger charge is -2.21. The maximum atomic E-state index is 12.0. The van der Waals surface area contributed by atoms with E-state index < -0.39 is 12.0 Å². The van der Waals surface area contributed by atoms with Crippen molar-refractivity contribution in [3.63, 3.8) is 0 Å². The second-order valence-corrected chi connectivity index (χ2v) is 5.17. The first kappa shape index (κ1) is 14.7. The average molecular weight is 250 g/mol. The third-order valence-corrected chi connectivity index (χ3v) is 3.18. The first-order valence-electron chi connectivity index (χ1n) is 6.30. The van der Waals surface area contributed by atoms with Gasteiger partial charge in [-0.1, -0.05) is 32.0 Å². The number of carbonyl (C=O) groups excluding carboxylic acids is 1. The van der Waals surface area contributed by atoms with E-state index in [4.69, 9.17) is 4.74 Å². The first-order chi connectivity index (χ1) is 8.34. The summed E-state index contributed by atoms with van der Waals surface area (Å²) in [6.45, 7) is 9.26. The molecule has 0 unspecified atom stereocenters. The van der Waals surface area contributed by atoms with E-state index in [-0.39, 0.29) is 11.9 Å². The standard InChI is InChI=1S/C15H22O3/c1-9(2)13(16)12(5)15(17)18-14-10(3)7-6-8-11(14)4/h6-9,12-13,16H,1-5H3/t12-,13+/m1/s1. The van der Waals surface area contributed by atoms with Crippen LogP contribution in [-0.2, 0) is 4.79 Å². The van der Waals surface area contributed by atoms with Crippen LogP contribution in [0.15, 0.2) is 18.2 Å². The number of aliphatic hydroxyl groups is 1. The maximum Gasteiger partial charge on any atom is 0.316 e. The number of aliphatic hydroxyl groups excluding tert-OH is 1. The van der Waals surface area contributed by atoms with Gasteiger partial charge in [-0.2, -0.15) is 0 Å². The fourth-order valence-electron chi connectivity index (χ4n) is 1.87. The van der Waals surface area contributed by atoms with Crippen molar-refractivity contribution in [2.24, 2.45) is 11.8 Å². The lowest BCUT2D eigenvalue weighted by atomic mass is 9.95. The van der Waals surface area contributed by atoms with Crippen molar-refractivity contribution < 1.29 is 14.6 Å². The minimum absolute atomic E-state index is 0.0329. The smallest absolute Gasteiger partial charge is 0.316 e. The molecule has 1 rings (SSSR count). The molecule has 0 aromatic heterocycles. The van der Waals surface area contributed by atoms with Gasteiger partial charge in [0.1, 0.15) is 5.75 Å². The molecule has 0 amide bonds. The molecule has 100 valence electrons. The molecule has 18 heavy (non-hydrogen) atoms. The molecule has 1 N–H and O–H groups in total. The van der Waals surface area contributed by atoms with Crippen LogP contribution >= 0.6 is 0 Å². The van der Waals surface area contributed by atoms with E-state index in [9.17, 15) is 9.90 Å². The van der Waals surface area contributed by atoms with Crippen LogP contribution in [0.25, 0.3) is 0 Å². The molecule has 3 heteroatoms. The summed E-state index contributed by atoms with van der Waals surface area (Å²) in [7, 11) is 0. The van der Waals surface area contributed by atoms with E-state index in [1.807, 2.05) is 45.9 Å². The van der Waals surface area contributed by atoms with Gasteiger partial charge in [0.2, 0.25) is 0 Å². The van der Waals surface area contributed by atoms with Crippen LogP contribution in [0.2, 0.25) is 0 Å². The number of hydrogen-bond acceptors (Lipinski definition) is 3. The zero-order chi connectivity index (χ0) is 13.9. The SMILES string of the molecule is Cc1cccc(C)c1OC(=O)[C@H](C)[C@@H](O)C(C)C. The van der Waals surface area contributed by atoms with E-state index in [1.54, 1.807) is 6.92 Å². The third kappa shape index (κ3) is 3.33. The van der Waals surface area contributed by atoms with Gasteiger partial charge in [-0.05, 0) is 37.8 Å². The molecule has 0 saturated heterocycles. The molecule has 2 atom stereocenters. The molecule has 0 aliphatic rings. The van der Waals surface area contributed by atoms with Gasteiger partial charge in [0.05, 0.1) is 12.0 Å². The van der Waals surface area contributed by atoms with Gasteiger partial charge in [-0.3, -0.25) is 4.79 Å². The van der Waals surface area contributed by atoms with Gasteiger partial charge >= 0.3 is 5.97 Å². The molecule has 0 aliphatic heterocycles. The van der Waals surface area contributed by atoms with Crippen LogP contribution in [0, 0.1) is 25.7 Å². The highest BCUT2D eigenvalue weighted by Gasteiger charge is 2.26. The van der Waals surface area contributed by atoms with E-state index >= 15 is 0 Å². The quantitative estimate of drug-likeness (QED) is 0.660. The molecule has 0 fully saturated rings. The lowest BCUT2D eigenvalue weighted by Crippen LogP contribution is -2.33. The highest BCUT2D eigenvalue weighted by atomic mass is 16.5. The van der Waals surface area contributed by atoms with Gasteiger partial charge in [0, 0.05) is 0 Å². The summed E-state index contributed by atoms with van der Waals surface area (Å²) in [5.41, 5.74) is 1.85. The number of rotatable bonds is 4. The number of hydrogen-bond donors (Lipinski definition) is 1. The second kappa shape index (κ2) is 6.01. The Balaban J connectivity index is 2.82. The summed E-state index contributed by atoms with van der Waals surface area (Å²) >= 11 is 0. The van der Waals surface area contributed by atoms with Crippen molar-refractivity contribution in [1.82, 2.24) is 0 Å². The van der Waals surface area contributed by atoms with Crippen LogP contribution < -0.4 is 4.74 Å². The monoisotopic (exact) mass is 250 g/mol. The van der Waals surface area contributed by atoms with Crippen LogP contribution in [-0.4, -0.2) is 17.2 Å². The Bertz CT molecular complexity index is 403. The van der Waals surface area contributed by atoms with E-state index in [0.29, 0.717) is 5.75 Å². The van der Waals surface area contributed by atoms with Crippen molar-refractivity contribution in [2.45, 2.75) is 40.7 Å².